The lowest BCUT2D eigenvalue weighted by Gasteiger charge is -2.21. The van der Waals surface area contributed by atoms with Crippen molar-refractivity contribution in [2.45, 2.75) is 38.1 Å². The summed E-state index contributed by atoms with van der Waals surface area (Å²) in [5.74, 6) is -0.0832. The van der Waals surface area contributed by atoms with Gasteiger partial charge in [-0.05, 0) is 51.0 Å². The van der Waals surface area contributed by atoms with E-state index in [4.69, 9.17) is 5.73 Å². The van der Waals surface area contributed by atoms with Gasteiger partial charge in [0, 0.05) is 16.7 Å². The van der Waals surface area contributed by atoms with Crippen LogP contribution in [0.4, 0.5) is 0 Å². The fraction of sp³-hybridized carbons (Fsp3) is 0.192. The smallest absolute Gasteiger partial charge is 0.251 e. The van der Waals surface area contributed by atoms with E-state index in [0.717, 1.165) is 0 Å². The summed E-state index contributed by atoms with van der Waals surface area (Å²) in [6.07, 6.45) is 0. The molecule has 4 N–H and O–H groups in total. The molecule has 1 amide bonds. The number of carbonyl (C=O) groups excluding carboxylic acids is 1. The van der Waals surface area contributed by atoms with Gasteiger partial charge in [0.25, 0.3) is 5.91 Å². The lowest BCUT2D eigenvalue weighted by molar-refractivity contribution is 0.100. The molecule has 3 aromatic carbocycles. The van der Waals surface area contributed by atoms with Gasteiger partial charge in [0.2, 0.25) is 10.0 Å². The van der Waals surface area contributed by atoms with Crippen LogP contribution in [0.3, 0.4) is 0 Å². The van der Waals surface area contributed by atoms with Gasteiger partial charge in [-0.3, -0.25) is 4.79 Å². The molecule has 1 heterocycles. The average Bonchev–Trinajstić information content (AvgIpc) is 3.15. The summed E-state index contributed by atoms with van der Waals surface area (Å²) >= 11 is 0. The highest BCUT2D eigenvalue weighted by Crippen LogP contribution is 2.35. The van der Waals surface area contributed by atoms with Crippen LogP contribution in [0.25, 0.3) is 33.3 Å². The number of aromatic amines is 1. The fourth-order valence-corrected chi connectivity index (χ4v) is 5.77. The molecule has 0 fully saturated rings. The maximum absolute atomic E-state index is 13.1. The molecule has 9 heteroatoms. The molecule has 0 bridgehead atoms. The van der Waals surface area contributed by atoms with Crippen LogP contribution < -0.4 is 10.5 Å². The van der Waals surface area contributed by atoms with Crippen molar-refractivity contribution in [1.82, 2.24) is 14.7 Å². The molecule has 4 aromatic rings. The maximum Gasteiger partial charge on any atom is 0.251 e. The number of benzene rings is 3. The largest absolute Gasteiger partial charge is 0.366 e. The second kappa shape index (κ2) is 8.65. The Bertz CT molecular complexity index is 1610. The van der Waals surface area contributed by atoms with Crippen LogP contribution in [0.2, 0.25) is 0 Å². The molecule has 0 unspecified atom stereocenters. The molecule has 178 valence electrons. The molecular weight excluding hydrogens is 462 g/mol. The first-order chi connectivity index (χ1) is 16.4. The lowest BCUT2D eigenvalue weighted by atomic mass is 9.92. The number of nitrogens with two attached hydrogens (primary N) is 1. The van der Waals surface area contributed by atoms with Crippen LogP contribution in [0.5, 0.6) is 0 Å². The SMILES string of the molecule is Cc1nc2cc(C#N)c(-c3ccc(-c4ccccc4S(=O)(=O)NC(C)(C)C)cc3)c(C(N)=O)c2[nH]1. The Morgan fingerprint density at radius 3 is 2.31 bits per heavy atom. The van der Waals surface area contributed by atoms with Crippen molar-refractivity contribution in [3.8, 4) is 28.3 Å². The molecule has 1 aromatic heterocycles. The molecule has 0 aliphatic carbocycles. The number of nitriles is 1. The topological polar surface area (TPSA) is 142 Å². The fourth-order valence-electron chi connectivity index (χ4n) is 4.12. The summed E-state index contributed by atoms with van der Waals surface area (Å²) in [6.45, 7) is 7.10. The number of H-pyrrole nitrogens is 1. The number of hydrogen-bond acceptors (Lipinski definition) is 5. The number of hydrogen-bond donors (Lipinski definition) is 3. The molecular formula is C26H25N5O3S. The zero-order chi connectivity index (χ0) is 25.5. The number of fused-ring (bicyclic) bond motifs is 1. The molecule has 4 rings (SSSR count). The summed E-state index contributed by atoms with van der Waals surface area (Å²) in [6, 6.07) is 17.5. The van der Waals surface area contributed by atoms with Crippen LogP contribution in [0, 0.1) is 18.3 Å². The average molecular weight is 488 g/mol. The third-order valence-electron chi connectivity index (χ3n) is 5.37. The van der Waals surface area contributed by atoms with E-state index in [-0.39, 0.29) is 16.0 Å². The van der Waals surface area contributed by atoms with E-state index in [0.29, 0.717) is 39.1 Å². The van der Waals surface area contributed by atoms with Crippen LogP contribution in [-0.2, 0) is 10.0 Å². The van der Waals surface area contributed by atoms with Gasteiger partial charge >= 0.3 is 0 Å². The quantitative estimate of drug-likeness (QED) is 0.386. The van der Waals surface area contributed by atoms with Crippen molar-refractivity contribution in [3.05, 3.63) is 71.5 Å². The highest BCUT2D eigenvalue weighted by Gasteiger charge is 2.25. The van der Waals surface area contributed by atoms with Gasteiger partial charge in [0.1, 0.15) is 5.82 Å². The van der Waals surface area contributed by atoms with E-state index >= 15 is 0 Å². The number of imidazole rings is 1. The molecule has 35 heavy (non-hydrogen) atoms. The van der Waals surface area contributed by atoms with Gasteiger partial charge in [0.15, 0.2) is 0 Å². The third kappa shape index (κ3) is 4.67. The maximum atomic E-state index is 13.1. The Labute approximate surface area is 203 Å². The minimum Gasteiger partial charge on any atom is -0.366 e. The van der Waals surface area contributed by atoms with E-state index < -0.39 is 21.5 Å². The Morgan fingerprint density at radius 2 is 1.71 bits per heavy atom. The van der Waals surface area contributed by atoms with Gasteiger partial charge in [-0.1, -0.05) is 42.5 Å². The second-order valence-corrected chi connectivity index (χ2v) is 10.9. The van der Waals surface area contributed by atoms with Gasteiger partial charge in [-0.25, -0.2) is 18.1 Å². The number of aromatic nitrogens is 2. The number of nitrogens with zero attached hydrogens (tertiary/aromatic N) is 2. The summed E-state index contributed by atoms with van der Waals surface area (Å²) < 4.78 is 28.8. The minimum absolute atomic E-state index is 0.160. The molecule has 0 spiro atoms. The Balaban J connectivity index is 1.86. The minimum atomic E-state index is -3.78. The van der Waals surface area contributed by atoms with Crippen molar-refractivity contribution in [2.75, 3.05) is 0 Å². The Hall–Kier alpha value is -4.00. The van der Waals surface area contributed by atoms with Gasteiger partial charge in [-0.2, -0.15) is 5.26 Å². The molecule has 0 saturated carbocycles. The first kappa shape index (κ1) is 24.1. The molecule has 0 atom stereocenters. The number of rotatable bonds is 5. The number of carbonyl (C=O) groups is 1. The normalized spacial score (nSPS) is 12.0. The first-order valence-corrected chi connectivity index (χ1v) is 12.4. The number of amides is 1. The lowest BCUT2D eigenvalue weighted by Crippen LogP contribution is -2.40. The van der Waals surface area contributed by atoms with Crippen LogP contribution in [0.15, 0.2) is 59.5 Å². The number of primary amides is 1. The third-order valence-corrected chi connectivity index (χ3v) is 7.19. The predicted molar refractivity (Wildman–Crippen MR) is 135 cm³/mol. The van der Waals surface area contributed by atoms with Crippen molar-refractivity contribution in [2.24, 2.45) is 5.73 Å². The number of aryl methyl sites for hydroxylation is 1. The number of sulfonamides is 1. The van der Waals surface area contributed by atoms with Crippen molar-refractivity contribution >= 4 is 27.0 Å². The summed E-state index contributed by atoms with van der Waals surface area (Å²) in [7, 11) is -3.78. The van der Waals surface area contributed by atoms with E-state index in [1.165, 1.54) is 0 Å². The summed E-state index contributed by atoms with van der Waals surface area (Å²) in [4.78, 5) is 20.0. The zero-order valence-corrected chi connectivity index (χ0v) is 20.6. The van der Waals surface area contributed by atoms with E-state index in [9.17, 15) is 18.5 Å². The van der Waals surface area contributed by atoms with Crippen LogP contribution in [0.1, 0.15) is 42.5 Å². The molecule has 0 radical (unpaired) electrons. The molecule has 0 aliphatic heterocycles. The highest BCUT2D eigenvalue weighted by atomic mass is 32.2. The molecule has 8 nitrogen and oxygen atoms in total. The monoisotopic (exact) mass is 487 g/mol. The first-order valence-electron chi connectivity index (χ1n) is 10.9. The second-order valence-electron chi connectivity index (χ2n) is 9.30. The molecule has 0 saturated heterocycles. The van der Waals surface area contributed by atoms with E-state index in [1.54, 1.807) is 82.3 Å². The van der Waals surface area contributed by atoms with Gasteiger partial charge in [-0.15, -0.1) is 0 Å². The summed E-state index contributed by atoms with van der Waals surface area (Å²) in [5.41, 5.74) is 8.69. The van der Waals surface area contributed by atoms with Crippen LogP contribution in [-0.4, -0.2) is 29.8 Å². The predicted octanol–water partition coefficient (Wildman–Crippen LogP) is 4.25. The van der Waals surface area contributed by atoms with Gasteiger partial charge < -0.3 is 10.7 Å². The van der Waals surface area contributed by atoms with Crippen molar-refractivity contribution < 1.29 is 13.2 Å². The van der Waals surface area contributed by atoms with Gasteiger partial charge in [0.05, 0.1) is 33.1 Å². The van der Waals surface area contributed by atoms with Crippen molar-refractivity contribution in [1.29, 1.82) is 5.26 Å². The van der Waals surface area contributed by atoms with E-state index in [1.807, 2.05) is 0 Å². The Morgan fingerprint density at radius 1 is 1.09 bits per heavy atom. The summed E-state index contributed by atoms with van der Waals surface area (Å²) in [5, 5.41) is 9.79. The zero-order valence-electron chi connectivity index (χ0n) is 19.8. The van der Waals surface area contributed by atoms with Crippen molar-refractivity contribution in [3.63, 3.8) is 0 Å². The standard InChI is InChI=1S/C26H25N5O3S/c1-15-29-20-13-18(14-27)22(23(25(28)32)24(20)30-15)17-11-9-16(10-12-17)19-7-5-6-8-21(19)35(33,34)31-26(2,3)4/h5-13,31H,1-4H3,(H2,28,32)(H,29,30). The highest BCUT2D eigenvalue weighted by molar-refractivity contribution is 7.89. The molecule has 0 aliphatic rings. The Kier molecular flexibility index (Phi) is 5.97. The van der Waals surface area contributed by atoms with Crippen LogP contribution >= 0.6 is 0 Å². The van der Waals surface area contributed by atoms with E-state index in [2.05, 4.69) is 20.8 Å². The number of nitrogens with one attached hydrogen (secondary N) is 2.